The number of nitrogens with zero attached hydrogens (tertiary/aromatic N) is 1. The minimum absolute atomic E-state index is 0.113. The average Bonchev–Trinajstić information content (AvgIpc) is 2.03. The summed E-state index contributed by atoms with van der Waals surface area (Å²) in [4.78, 5) is 20.9. The van der Waals surface area contributed by atoms with Gasteiger partial charge in [-0.15, -0.1) is 4.91 Å². The molecule has 0 atom stereocenters. The quantitative estimate of drug-likeness (QED) is 0.364. The summed E-state index contributed by atoms with van der Waals surface area (Å²) >= 11 is 0. The number of rotatable bonds is 4. The minimum Gasteiger partial charge on any atom is -0.295 e. The van der Waals surface area contributed by atoms with Crippen molar-refractivity contribution in [1.82, 2.24) is 0 Å². The molecule has 0 aromatic rings. The average molecular weight is 165 g/mol. The lowest BCUT2D eigenvalue weighted by atomic mass is 10.1. The van der Waals surface area contributed by atoms with Crippen LogP contribution in [0.25, 0.3) is 0 Å². The zero-order valence-corrected chi connectivity index (χ0v) is 7.20. The Morgan fingerprint density at radius 2 is 2.00 bits per heavy atom. The van der Waals surface area contributed by atoms with Gasteiger partial charge in [0.2, 0.25) is 0 Å². The van der Waals surface area contributed by atoms with Crippen LogP contribution >= 0.6 is 0 Å². The molecular weight excluding hydrogens is 154 g/mol. The summed E-state index contributed by atoms with van der Waals surface area (Å²) in [6.07, 6.45) is 4.46. The molecule has 0 unspecified atom stereocenters. The third kappa shape index (κ3) is 3.61. The standard InChI is InChI=1S/C9H11NO2/c1-4-5-9(8(3)11)6-7(2)10-12/h4-6H,1H2,2-3H3/b7-6+,9-5+. The van der Waals surface area contributed by atoms with Gasteiger partial charge in [-0.25, -0.2) is 0 Å². The van der Waals surface area contributed by atoms with E-state index in [1.54, 1.807) is 0 Å². The molecule has 3 heteroatoms. The molecule has 0 aliphatic heterocycles. The Bertz CT molecular complexity index is 262. The van der Waals surface area contributed by atoms with Crippen LogP contribution in [0.4, 0.5) is 0 Å². The van der Waals surface area contributed by atoms with Gasteiger partial charge in [0, 0.05) is 5.57 Å². The van der Waals surface area contributed by atoms with Gasteiger partial charge in [0.05, 0.1) is 5.70 Å². The molecule has 0 heterocycles. The van der Waals surface area contributed by atoms with Crippen LogP contribution in [0, 0.1) is 4.91 Å². The van der Waals surface area contributed by atoms with E-state index in [4.69, 9.17) is 0 Å². The fourth-order valence-electron chi connectivity index (χ4n) is 0.645. The second-order valence-corrected chi connectivity index (χ2v) is 2.29. The van der Waals surface area contributed by atoms with E-state index >= 15 is 0 Å². The Morgan fingerprint density at radius 1 is 1.42 bits per heavy atom. The summed E-state index contributed by atoms with van der Waals surface area (Å²) in [7, 11) is 0. The maximum absolute atomic E-state index is 10.9. The van der Waals surface area contributed by atoms with Crippen LogP contribution in [0.1, 0.15) is 13.8 Å². The third-order valence-corrected chi connectivity index (χ3v) is 1.21. The molecule has 0 N–H and O–H groups in total. The summed E-state index contributed by atoms with van der Waals surface area (Å²) in [5.74, 6) is -0.113. The first kappa shape index (κ1) is 10.5. The highest BCUT2D eigenvalue weighted by Crippen LogP contribution is 2.04. The van der Waals surface area contributed by atoms with E-state index in [0.717, 1.165) is 0 Å². The van der Waals surface area contributed by atoms with Crippen molar-refractivity contribution in [3.8, 4) is 0 Å². The number of carbonyl (C=O) groups excluding carboxylic acids is 1. The molecule has 0 fully saturated rings. The van der Waals surface area contributed by atoms with E-state index in [2.05, 4.69) is 11.8 Å². The van der Waals surface area contributed by atoms with Crippen molar-refractivity contribution in [2.24, 2.45) is 5.18 Å². The Hall–Kier alpha value is -1.51. The molecule has 0 rings (SSSR count). The highest BCUT2D eigenvalue weighted by atomic mass is 16.3. The van der Waals surface area contributed by atoms with Gasteiger partial charge in [-0.1, -0.05) is 18.7 Å². The summed E-state index contributed by atoms with van der Waals surface area (Å²) in [6, 6.07) is 0. The Labute approximate surface area is 71.4 Å². The first-order valence-electron chi connectivity index (χ1n) is 3.47. The van der Waals surface area contributed by atoms with E-state index in [9.17, 15) is 9.70 Å². The van der Waals surface area contributed by atoms with Crippen molar-refractivity contribution < 1.29 is 4.79 Å². The van der Waals surface area contributed by atoms with Gasteiger partial charge in [-0.2, -0.15) is 0 Å². The molecule has 3 nitrogen and oxygen atoms in total. The van der Waals surface area contributed by atoms with Crippen molar-refractivity contribution in [1.29, 1.82) is 0 Å². The predicted octanol–water partition coefficient (Wildman–Crippen LogP) is 2.36. The zero-order chi connectivity index (χ0) is 9.56. The van der Waals surface area contributed by atoms with Crippen LogP contribution in [0.2, 0.25) is 0 Å². The molecule has 0 bridgehead atoms. The Balaban J connectivity index is 4.78. The lowest BCUT2D eigenvalue weighted by molar-refractivity contribution is -0.113. The number of ketones is 1. The van der Waals surface area contributed by atoms with E-state index in [1.165, 1.54) is 32.1 Å². The number of hydrogen-bond donors (Lipinski definition) is 0. The highest BCUT2D eigenvalue weighted by Gasteiger charge is 1.99. The van der Waals surface area contributed by atoms with Crippen molar-refractivity contribution in [3.63, 3.8) is 0 Å². The zero-order valence-electron chi connectivity index (χ0n) is 7.20. The maximum atomic E-state index is 10.9. The van der Waals surface area contributed by atoms with Gasteiger partial charge >= 0.3 is 0 Å². The topological polar surface area (TPSA) is 46.5 Å². The lowest BCUT2D eigenvalue weighted by Crippen LogP contribution is -1.92. The van der Waals surface area contributed by atoms with Crippen LogP contribution in [-0.4, -0.2) is 5.78 Å². The number of Topliss-reactive ketones (excluding diaryl/α,β-unsaturated/α-hetero) is 1. The van der Waals surface area contributed by atoms with Crippen LogP contribution in [0.15, 0.2) is 41.3 Å². The van der Waals surface area contributed by atoms with E-state index in [0.29, 0.717) is 5.57 Å². The molecule has 64 valence electrons. The lowest BCUT2D eigenvalue weighted by Gasteiger charge is -1.93. The monoisotopic (exact) mass is 165 g/mol. The molecule has 12 heavy (non-hydrogen) atoms. The number of hydrogen-bond acceptors (Lipinski definition) is 3. The van der Waals surface area contributed by atoms with Crippen LogP contribution in [0.5, 0.6) is 0 Å². The fraction of sp³-hybridized carbons (Fsp3) is 0.222. The molecule has 0 saturated heterocycles. The van der Waals surface area contributed by atoms with E-state index in [1.807, 2.05) is 0 Å². The van der Waals surface area contributed by atoms with Gasteiger partial charge in [0.15, 0.2) is 5.78 Å². The Kier molecular flexibility index (Phi) is 4.53. The van der Waals surface area contributed by atoms with Gasteiger partial charge in [0.25, 0.3) is 0 Å². The summed E-state index contributed by atoms with van der Waals surface area (Å²) in [5, 5.41) is 2.68. The van der Waals surface area contributed by atoms with Crippen LogP contribution < -0.4 is 0 Å². The molecule has 0 aromatic carbocycles. The number of carbonyl (C=O) groups is 1. The molecule has 0 aliphatic rings. The van der Waals surface area contributed by atoms with Gasteiger partial charge in [-0.05, 0) is 25.1 Å². The molecule has 0 amide bonds. The van der Waals surface area contributed by atoms with Gasteiger partial charge in [-0.3, -0.25) is 4.79 Å². The second kappa shape index (κ2) is 5.18. The summed E-state index contributed by atoms with van der Waals surface area (Å²) < 4.78 is 0. The SMILES string of the molecule is C=C/C=C(\C=C(/C)N=O)C(C)=O. The number of nitroso groups, excluding NO2 is 1. The van der Waals surface area contributed by atoms with Crippen molar-refractivity contribution in [3.05, 3.63) is 41.0 Å². The molecule has 0 aliphatic carbocycles. The van der Waals surface area contributed by atoms with Crippen molar-refractivity contribution in [2.75, 3.05) is 0 Å². The first-order valence-corrected chi connectivity index (χ1v) is 3.47. The normalized spacial score (nSPS) is 12.5. The summed E-state index contributed by atoms with van der Waals surface area (Å²) in [5.41, 5.74) is 0.709. The number of allylic oxidation sites excluding steroid dienone is 5. The maximum Gasteiger partial charge on any atom is 0.159 e. The fourth-order valence-corrected chi connectivity index (χ4v) is 0.645. The highest BCUT2D eigenvalue weighted by molar-refractivity contribution is 5.96. The van der Waals surface area contributed by atoms with Crippen LogP contribution in [0.3, 0.4) is 0 Å². The molecular formula is C9H11NO2. The van der Waals surface area contributed by atoms with Gasteiger partial charge < -0.3 is 0 Å². The molecule has 0 saturated carbocycles. The largest absolute Gasteiger partial charge is 0.295 e. The first-order chi connectivity index (χ1) is 5.61. The smallest absolute Gasteiger partial charge is 0.159 e. The van der Waals surface area contributed by atoms with Crippen LogP contribution in [-0.2, 0) is 4.79 Å². The molecule has 0 radical (unpaired) electrons. The van der Waals surface area contributed by atoms with E-state index in [-0.39, 0.29) is 11.5 Å². The predicted molar refractivity (Wildman–Crippen MR) is 48.5 cm³/mol. The minimum atomic E-state index is -0.113. The second-order valence-electron chi connectivity index (χ2n) is 2.29. The van der Waals surface area contributed by atoms with E-state index < -0.39 is 0 Å². The molecule has 0 aromatic heterocycles. The van der Waals surface area contributed by atoms with Crippen molar-refractivity contribution in [2.45, 2.75) is 13.8 Å². The molecule has 0 spiro atoms. The van der Waals surface area contributed by atoms with Gasteiger partial charge in [0.1, 0.15) is 0 Å². The Morgan fingerprint density at radius 3 is 2.33 bits per heavy atom. The third-order valence-electron chi connectivity index (χ3n) is 1.21. The van der Waals surface area contributed by atoms with Crippen molar-refractivity contribution >= 4 is 5.78 Å². The summed E-state index contributed by atoms with van der Waals surface area (Å²) in [6.45, 7) is 6.40.